The van der Waals surface area contributed by atoms with Gasteiger partial charge in [-0.05, 0) is 29.8 Å². The van der Waals surface area contributed by atoms with Crippen molar-refractivity contribution in [2.45, 2.75) is 10.9 Å². The van der Waals surface area contributed by atoms with Gasteiger partial charge in [-0.2, -0.15) is 5.26 Å². The number of nitrogens with zero attached hydrogens (tertiary/aromatic N) is 5. The highest BCUT2D eigenvalue weighted by atomic mass is 32.2. The molecule has 0 unspecified atom stereocenters. The van der Waals surface area contributed by atoms with Gasteiger partial charge in [-0.3, -0.25) is 13.8 Å². The summed E-state index contributed by atoms with van der Waals surface area (Å²) in [6.45, 7) is 0. The van der Waals surface area contributed by atoms with E-state index in [2.05, 4.69) is 16.3 Å². The summed E-state index contributed by atoms with van der Waals surface area (Å²) in [6.07, 6.45) is 0. The molecule has 0 atom stereocenters. The summed E-state index contributed by atoms with van der Waals surface area (Å²) in [7, 11) is 1.70. The van der Waals surface area contributed by atoms with Gasteiger partial charge < -0.3 is 0 Å². The SMILES string of the molecule is Cn1c(=O)c2ccccc2n2c(SCc3ccc(C#N)cc3)nnc12. The Morgan fingerprint density at radius 3 is 2.64 bits per heavy atom. The predicted octanol–water partition coefficient (Wildman–Crippen LogP) is 2.75. The number of rotatable bonds is 3. The molecule has 25 heavy (non-hydrogen) atoms. The summed E-state index contributed by atoms with van der Waals surface area (Å²) in [6, 6.07) is 17.0. The van der Waals surface area contributed by atoms with Crippen molar-refractivity contribution in [3.8, 4) is 6.07 Å². The van der Waals surface area contributed by atoms with Gasteiger partial charge in [-0.15, -0.1) is 10.2 Å². The highest BCUT2D eigenvalue weighted by Crippen LogP contribution is 2.24. The Morgan fingerprint density at radius 2 is 1.88 bits per heavy atom. The topological polar surface area (TPSA) is 76.0 Å². The minimum atomic E-state index is -0.0841. The fraction of sp³-hybridized carbons (Fsp3) is 0.111. The fourth-order valence-corrected chi connectivity index (χ4v) is 3.62. The molecule has 6 nitrogen and oxygen atoms in total. The average Bonchev–Trinajstić information content (AvgIpc) is 3.09. The van der Waals surface area contributed by atoms with E-state index in [-0.39, 0.29) is 5.56 Å². The molecule has 0 aliphatic heterocycles. The first kappa shape index (κ1) is 15.4. The maximum Gasteiger partial charge on any atom is 0.262 e. The van der Waals surface area contributed by atoms with Gasteiger partial charge >= 0.3 is 0 Å². The standard InChI is InChI=1S/C18H13N5OS/c1-22-16(24)14-4-2-3-5-15(14)23-17(22)20-21-18(23)25-11-13-8-6-12(10-19)7-9-13/h2-9H,11H2,1H3. The number of aromatic nitrogens is 4. The maximum atomic E-state index is 12.4. The van der Waals surface area contributed by atoms with Crippen LogP contribution in [0.4, 0.5) is 0 Å². The maximum absolute atomic E-state index is 12.4. The van der Waals surface area contributed by atoms with Crippen LogP contribution in [0.1, 0.15) is 11.1 Å². The van der Waals surface area contributed by atoms with Crippen LogP contribution in [0, 0.1) is 11.3 Å². The van der Waals surface area contributed by atoms with Crippen molar-refractivity contribution in [2.75, 3.05) is 0 Å². The molecule has 2 aromatic heterocycles. The van der Waals surface area contributed by atoms with Gasteiger partial charge in [0.05, 0.1) is 22.5 Å². The summed E-state index contributed by atoms with van der Waals surface area (Å²) < 4.78 is 3.42. The number of hydrogen-bond acceptors (Lipinski definition) is 5. The number of hydrogen-bond donors (Lipinski definition) is 0. The highest BCUT2D eigenvalue weighted by molar-refractivity contribution is 7.98. The zero-order valence-corrected chi connectivity index (χ0v) is 14.2. The number of para-hydroxylation sites is 1. The lowest BCUT2D eigenvalue weighted by atomic mass is 10.2. The van der Waals surface area contributed by atoms with Crippen LogP contribution in [-0.4, -0.2) is 19.2 Å². The molecule has 0 aliphatic carbocycles. The molecule has 7 heteroatoms. The Labute approximate surface area is 147 Å². The summed E-state index contributed by atoms with van der Waals surface area (Å²) in [5.74, 6) is 1.22. The third kappa shape index (κ3) is 2.57. The molecular weight excluding hydrogens is 334 g/mol. The van der Waals surface area contributed by atoms with Crippen molar-refractivity contribution in [3.63, 3.8) is 0 Å². The lowest BCUT2D eigenvalue weighted by molar-refractivity contribution is 0.853. The first-order valence-corrected chi connectivity index (χ1v) is 8.62. The number of nitriles is 1. The molecule has 4 aromatic rings. The normalized spacial score (nSPS) is 11.0. The second-order valence-corrected chi connectivity index (χ2v) is 6.54. The van der Waals surface area contributed by atoms with Gasteiger partial charge in [0.1, 0.15) is 0 Å². The minimum Gasteiger partial charge on any atom is -0.279 e. The summed E-state index contributed by atoms with van der Waals surface area (Å²) >= 11 is 1.54. The Morgan fingerprint density at radius 1 is 1.12 bits per heavy atom. The minimum absolute atomic E-state index is 0.0841. The van der Waals surface area contributed by atoms with Crippen molar-refractivity contribution >= 4 is 28.4 Å². The lowest BCUT2D eigenvalue weighted by Crippen LogP contribution is -2.20. The molecule has 122 valence electrons. The third-order valence-electron chi connectivity index (χ3n) is 4.05. The molecule has 0 bridgehead atoms. The molecule has 0 N–H and O–H groups in total. The van der Waals surface area contributed by atoms with E-state index < -0.39 is 0 Å². The summed E-state index contributed by atoms with van der Waals surface area (Å²) in [4.78, 5) is 12.4. The monoisotopic (exact) mass is 347 g/mol. The zero-order chi connectivity index (χ0) is 17.4. The van der Waals surface area contributed by atoms with E-state index in [0.29, 0.717) is 22.5 Å². The van der Waals surface area contributed by atoms with Crippen LogP contribution in [0.15, 0.2) is 58.5 Å². The number of fused-ring (bicyclic) bond motifs is 3. The molecule has 2 heterocycles. The molecule has 0 radical (unpaired) electrons. The molecule has 0 fully saturated rings. The van der Waals surface area contributed by atoms with E-state index >= 15 is 0 Å². The molecule has 0 saturated heterocycles. The molecular formula is C18H13N5OS. The van der Waals surface area contributed by atoms with Crippen LogP contribution in [0.3, 0.4) is 0 Å². The molecule has 0 aliphatic rings. The van der Waals surface area contributed by atoms with E-state index in [1.54, 1.807) is 30.9 Å². The van der Waals surface area contributed by atoms with Gasteiger partial charge in [0.15, 0.2) is 5.16 Å². The Balaban J connectivity index is 1.78. The number of benzene rings is 2. The Bertz CT molecular complexity index is 1180. The van der Waals surface area contributed by atoms with Crippen molar-refractivity contribution < 1.29 is 0 Å². The van der Waals surface area contributed by atoms with E-state index in [1.165, 1.54) is 4.57 Å². The van der Waals surface area contributed by atoms with Gasteiger partial charge in [-0.1, -0.05) is 36.0 Å². The smallest absolute Gasteiger partial charge is 0.262 e. The van der Waals surface area contributed by atoms with E-state index in [4.69, 9.17) is 5.26 Å². The van der Waals surface area contributed by atoms with Gasteiger partial charge in [0, 0.05) is 12.8 Å². The third-order valence-corrected chi connectivity index (χ3v) is 5.05. The number of thioether (sulfide) groups is 1. The lowest BCUT2D eigenvalue weighted by Gasteiger charge is -2.07. The van der Waals surface area contributed by atoms with Gasteiger partial charge in [0.2, 0.25) is 5.78 Å². The van der Waals surface area contributed by atoms with E-state index in [9.17, 15) is 4.79 Å². The fourth-order valence-electron chi connectivity index (χ4n) is 2.73. The van der Waals surface area contributed by atoms with E-state index in [1.807, 2.05) is 40.8 Å². The second-order valence-electron chi connectivity index (χ2n) is 5.60. The first-order valence-electron chi connectivity index (χ1n) is 7.64. The van der Waals surface area contributed by atoms with Crippen LogP contribution in [0.25, 0.3) is 16.7 Å². The molecule has 0 spiro atoms. The second kappa shape index (κ2) is 6.07. The van der Waals surface area contributed by atoms with Gasteiger partial charge in [0.25, 0.3) is 5.56 Å². The molecule has 0 amide bonds. The van der Waals surface area contributed by atoms with Gasteiger partial charge in [-0.25, -0.2) is 0 Å². The van der Waals surface area contributed by atoms with Crippen molar-refractivity contribution in [1.82, 2.24) is 19.2 Å². The van der Waals surface area contributed by atoms with Crippen LogP contribution in [-0.2, 0) is 12.8 Å². The predicted molar refractivity (Wildman–Crippen MR) is 96.5 cm³/mol. The van der Waals surface area contributed by atoms with E-state index in [0.717, 1.165) is 16.2 Å². The summed E-state index contributed by atoms with van der Waals surface area (Å²) in [5, 5.41) is 18.7. The van der Waals surface area contributed by atoms with Crippen molar-refractivity contribution in [2.24, 2.45) is 7.05 Å². The summed E-state index contributed by atoms with van der Waals surface area (Å²) in [5.41, 5.74) is 2.45. The van der Waals surface area contributed by atoms with Crippen LogP contribution in [0.5, 0.6) is 0 Å². The quantitative estimate of drug-likeness (QED) is 0.533. The van der Waals surface area contributed by atoms with Crippen LogP contribution < -0.4 is 5.56 Å². The van der Waals surface area contributed by atoms with Crippen LogP contribution >= 0.6 is 11.8 Å². The van der Waals surface area contributed by atoms with Crippen LogP contribution in [0.2, 0.25) is 0 Å². The molecule has 4 rings (SSSR count). The van der Waals surface area contributed by atoms with Crippen molar-refractivity contribution in [3.05, 3.63) is 70.0 Å². The first-order chi connectivity index (χ1) is 12.2. The Kier molecular flexibility index (Phi) is 3.75. The Hall–Kier alpha value is -3.11. The molecule has 2 aromatic carbocycles. The highest BCUT2D eigenvalue weighted by Gasteiger charge is 2.14. The van der Waals surface area contributed by atoms with Crippen molar-refractivity contribution in [1.29, 1.82) is 5.26 Å². The zero-order valence-electron chi connectivity index (χ0n) is 13.4. The number of aryl methyl sites for hydroxylation is 1. The average molecular weight is 347 g/mol. The molecule has 0 saturated carbocycles. The largest absolute Gasteiger partial charge is 0.279 e.